The summed E-state index contributed by atoms with van der Waals surface area (Å²) >= 11 is 2.23. The van der Waals surface area contributed by atoms with Crippen LogP contribution in [0, 0.1) is 6.58 Å². The highest BCUT2D eigenvalue weighted by molar-refractivity contribution is 14.1. The molecule has 29 valence electrons. The monoisotopic (exact) mass is 181 g/mol. The fourth-order valence-electron chi connectivity index (χ4n) is 0. The molecule has 1 radical (unpaired) electrons. The Bertz CT molecular complexity index is 30.6. The molecular weight excluding hydrogens is 175 g/mol. The predicted octanol–water partition coefficient (Wildman–Crippen LogP) is 1.80. The Morgan fingerprint density at radius 3 is 2.20 bits per heavy atom. The van der Waals surface area contributed by atoms with Crippen molar-refractivity contribution in [2.24, 2.45) is 0 Å². The summed E-state index contributed by atoms with van der Waals surface area (Å²) in [5, 5.41) is 0. The highest BCUT2D eigenvalue weighted by Crippen LogP contribution is 1.95. The number of hydrogen-bond acceptors (Lipinski definition) is 0. The summed E-state index contributed by atoms with van der Waals surface area (Å²) in [6.07, 6.45) is 1.65. The Labute approximate surface area is 46.4 Å². The van der Waals surface area contributed by atoms with Crippen LogP contribution < -0.4 is 0 Å². The quantitative estimate of drug-likeness (QED) is 0.427. The summed E-state index contributed by atoms with van der Waals surface area (Å²) in [5.74, 6) is 0. The normalized spacial score (nSPS) is 14.0. The van der Waals surface area contributed by atoms with Crippen LogP contribution in [0.15, 0.2) is 6.08 Å². The standard InChI is InChI=1S/C4H6I/c1-3-4(2)5/h1,3-4H,2H3. The van der Waals surface area contributed by atoms with E-state index in [2.05, 4.69) is 22.6 Å². The summed E-state index contributed by atoms with van der Waals surface area (Å²) in [4.78, 5) is 0. The molecule has 1 unspecified atom stereocenters. The van der Waals surface area contributed by atoms with Gasteiger partial charge < -0.3 is 0 Å². The van der Waals surface area contributed by atoms with Crippen molar-refractivity contribution in [1.82, 2.24) is 0 Å². The Hall–Kier alpha value is 0.470. The second kappa shape index (κ2) is 2.69. The van der Waals surface area contributed by atoms with E-state index in [1.807, 2.05) is 6.92 Å². The van der Waals surface area contributed by atoms with Crippen molar-refractivity contribution in [3.8, 4) is 0 Å². The molecule has 0 N–H and O–H groups in total. The van der Waals surface area contributed by atoms with Crippen LogP contribution in [0.3, 0.4) is 0 Å². The first-order valence-corrected chi connectivity index (χ1v) is 2.71. The van der Waals surface area contributed by atoms with Crippen LogP contribution in [-0.4, -0.2) is 3.92 Å². The molecule has 0 rings (SSSR count). The molecule has 0 fully saturated rings. The minimum absolute atomic E-state index is 0.507. The van der Waals surface area contributed by atoms with E-state index in [-0.39, 0.29) is 0 Å². The van der Waals surface area contributed by atoms with Crippen molar-refractivity contribution in [3.63, 3.8) is 0 Å². The second-order valence-corrected chi connectivity index (χ2v) is 2.83. The van der Waals surface area contributed by atoms with Crippen LogP contribution in [0.5, 0.6) is 0 Å². The van der Waals surface area contributed by atoms with Gasteiger partial charge in [-0.2, -0.15) is 0 Å². The van der Waals surface area contributed by atoms with Crippen molar-refractivity contribution >= 4 is 22.6 Å². The van der Waals surface area contributed by atoms with Gasteiger partial charge in [-0.15, -0.1) is 0 Å². The largest absolute Gasteiger partial charge is 0.0784 e. The van der Waals surface area contributed by atoms with E-state index in [1.54, 1.807) is 6.08 Å². The number of rotatable bonds is 1. The third-order valence-corrected chi connectivity index (χ3v) is 0.680. The van der Waals surface area contributed by atoms with Crippen LogP contribution in [0.1, 0.15) is 6.92 Å². The second-order valence-electron chi connectivity index (χ2n) is 0.870. The minimum atomic E-state index is 0.507. The molecule has 0 spiro atoms. The molecule has 0 heterocycles. The Morgan fingerprint density at radius 2 is 2.20 bits per heavy atom. The lowest BCUT2D eigenvalue weighted by Gasteiger charge is -1.81. The topological polar surface area (TPSA) is 0 Å². The molecule has 0 aliphatic rings. The zero-order valence-corrected chi connectivity index (χ0v) is 5.27. The van der Waals surface area contributed by atoms with Gasteiger partial charge in [-0.05, 0) is 6.92 Å². The molecule has 0 amide bonds. The number of allylic oxidation sites excluding steroid dienone is 1. The zero-order chi connectivity index (χ0) is 4.28. The molecule has 0 aromatic heterocycles. The first-order chi connectivity index (χ1) is 2.27. The van der Waals surface area contributed by atoms with E-state index >= 15 is 0 Å². The van der Waals surface area contributed by atoms with Crippen molar-refractivity contribution in [2.75, 3.05) is 0 Å². The third kappa shape index (κ3) is 4.47. The third-order valence-electron chi connectivity index (χ3n) is 0.265. The van der Waals surface area contributed by atoms with E-state index in [9.17, 15) is 0 Å². The highest BCUT2D eigenvalue weighted by atomic mass is 127. The summed E-state index contributed by atoms with van der Waals surface area (Å²) in [6, 6.07) is 0. The van der Waals surface area contributed by atoms with Gasteiger partial charge in [0, 0.05) is 3.92 Å². The van der Waals surface area contributed by atoms with E-state index < -0.39 is 0 Å². The summed E-state index contributed by atoms with van der Waals surface area (Å²) in [5.41, 5.74) is 0. The SMILES string of the molecule is [CH]=CC(C)I. The fourth-order valence-corrected chi connectivity index (χ4v) is 0. The molecule has 5 heavy (non-hydrogen) atoms. The average molecular weight is 181 g/mol. The molecule has 0 aromatic rings. The number of alkyl halides is 1. The van der Waals surface area contributed by atoms with Crippen LogP contribution >= 0.6 is 22.6 Å². The van der Waals surface area contributed by atoms with E-state index in [1.165, 1.54) is 0 Å². The van der Waals surface area contributed by atoms with Crippen molar-refractivity contribution < 1.29 is 0 Å². The van der Waals surface area contributed by atoms with Gasteiger partial charge in [0.1, 0.15) is 0 Å². The molecular formula is C4H6I. The lowest BCUT2D eigenvalue weighted by molar-refractivity contribution is 1.31. The molecule has 0 aromatic carbocycles. The van der Waals surface area contributed by atoms with Gasteiger partial charge in [-0.3, -0.25) is 0 Å². The van der Waals surface area contributed by atoms with Crippen LogP contribution in [0.25, 0.3) is 0 Å². The fraction of sp³-hybridized carbons (Fsp3) is 0.500. The Balaban J connectivity index is 2.83. The van der Waals surface area contributed by atoms with E-state index in [0.29, 0.717) is 3.92 Å². The smallest absolute Gasteiger partial charge is 0.0264 e. The van der Waals surface area contributed by atoms with Gasteiger partial charge in [-0.25, -0.2) is 0 Å². The maximum Gasteiger partial charge on any atom is 0.0264 e. The molecule has 0 aliphatic heterocycles. The first kappa shape index (κ1) is 5.47. The van der Waals surface area contributed by atoms with Crippen molar-refractivity contribution in [2.45, 2.75) is 10.8 Å². The molecule has 0 nitrogen and oxygen atoms in total. The van der Waals surface area contributed by atoms with Crippen molar-refractivity contribution in [1.29, 1.82) is 0 Å². The van der Waals surface area contributed by atoms with Crippen LogP contribution in [-0.2, 0) is 0 Å². The van der Waals surface area contributed by atoms with Gasteiger partial charge in [-0.1, -0.05) is 35.2 Å². The zero-order valence-electron chi connectivity index (χ0n) is 3.11. The molecule has 0 saturated heterocycles. The van der Waals surface area contributed by atoms with Crippen LogP contribution in [0.4, 0.5) is 0 Å². The molecule has 0 aliphatic carbocycles. The Kier molecular flexibility index (Phi) is 2.95. The van der Waals surface area contributed by atoms with Gasteiger partial charge in [0.05, 0.1) is 0 Å². The average Bonchev–Trinajstić information content (AvgIpc) is 1.38. The molecule has 1 heteroatoms. The molecule has 0 saturated carbocycles. The maximum atomic E-state index is 5.04. The lowest BCUT2D eigenvalue weighted by Crippen LogP contribution is -1.74. The summed E-state index contributed by atoms with van der Waals surface area (Å²) in [7, 11) is 0. The summed E-state index contributed by atoms with van der Waals surface area (Å²) < 4.78 is 0.507. The maximum absolute atomic E-state index is 5.04. The highest BCUT2D eigenvalue weighted by Gasteiger charge is 1.76. The number of hydrogen-bond donors (Lipinski definition) is 0. The van der Waals surface area contributed by atoms with Gasteiger partial charge in [0.25, 0.3) is 0 Å². The van der Waals surface area contributed by atoms with Crippen LogP contribution in [0.2, 0.25) is 0 Å². The van der Waals surface area contributed by atoms with E-state index in [0.717, 1.165) is 0 Å². The molecule has 0 bridgehead atoms. The van der Waals surface area contributed by atoms with Crippen molar-refractivity contribution in [3.05, 3.63) is 12.7 Å². The van der Waals surface area contributed by atoms with Gasteiger partial charge in [0.15, 0.2) is 0 Å². The first-order valence-electron chi connectivity index (χ1n) is 1.46. The Morgan fingerprint density at radius 1 is 2.00 bits per heavy atom. The minimum Gasteiger partial charge on any atom is -0.0784 e. The van der Waals surface area contributed by atoms with E-state index in [4.69, 9.17) is 6.58 Å². The summed E-state index contributed by atoms with van der Waals surface area (Å²) in [6.45, 7) is 7.07. The molecule has 1 atom stereocenters. The predicted molar refractivity (Wildman–Crippen MR) is 32.4 cm³/mol. The van der Waals surface area contributed by atoms with Gasteiger partial charge in [0.2, 0.25) is 0 Å². The lowest BCUT2D eigenvalue weighted by atomic mass is 10.5. The number of halogens is 1. The van der Waals surface area contributed by atoms with Gasteiger partial charge >= 0.3 is 0 Å².